The van der Waals surface area contributed by atoms with Crippen LogP contribution in [0.25, 0.3) is 0 Å². The van der Waals surface area contributed by atoms with Gasteiger partial charge in [0.2, 0.25) is 5.91 Å². The maximum absolute atomic E-state index is 12.4. The van der Waals surface area contributed by atoms with E-state index in [1.54, 1.807) is 0 Å². The van der Waals surface area contributed by atoms with Crippen LogP contribution in [0, 0.1) is 0 Å². The van der Waals surface area contributed by atoms with Crippen LogP contribution in [0.2, 0.25) is 0 Å². The summed E-state index contributed by atoms with van der Waals surface area (Å²) in [7, 11) is -5.30. The fraction of sp³-hybridized carbons (Fsp3) is 0.429. The molecule has 0 aromatic rings. The van der Waals surface area contributed by atoms with Crippen molar-refractivity contribution in [2.45, 2.75) is 11.8 Å². The van der Waals surface area contributed by atoms with Crippen LogP contribution in [0.4, 0.5) is 3.89 Å². The van der Waals surface area contributed by atoms with Gasteiger partial charge in [0.25, 0.3) is 0 Å². The number of hydrogen-bond acceptors (Lipinski definition) is 6. The summed E-state index contributed by atoms with van der Waals surface area (Å²) in [4.78, 5) is 23.0. The molecule has 0 aromatic heterocycles. The minimum Gasteiger partial charge on any atom is -0.476 e. The van der Waals surface area contributed by atoms with Crippen LogP contribution in [0.5, 0.6) is 0 Å². The van der Waals surface area contributed by atoms with Gasteiger partial charge in [0.05, 0.1) is 17.5 Å². The van der Waals surface area contributed by atoms with Crippen LogP contribution >= 0.6 is 11.8 Å². The summed E-state index contributed by atoms with van der Waals surface area (Å²) < 4.78 is 37.0. The number of β-lactam (4-membered cyclic amide) rings is 1. The Morgan fingerprint density at radius 3 is 2.71 bits per heavy atom. The highest BCUT2D eigenvalue weighted by atomic mass is 32.3. The summed E-state index contributed by atoms with van der Waals surface area (Å²) >= 11 is 1.11. The molecule has 0 radical (unpaired) electrons. The van der Waals surface area contributed by atoms with Crippen molar-refractivity contribution in [3.05, 3.63) is 11.5 Å². The normalized spacial score (nSPS) is 24.2. The molecule has 2 aliphatic heterocycles. The van der Waals surface area contributed by atoms with Crippen molar-refractivity contribution >= 4 is 34.1 Å². The predicted molar refractivity (Wildman–Crippen MR) is 53.5 cm³/mol. The first-order valence-corrected chi connectivity index (χ1v) is 6.69. The molecular weight excluding hydrogens is 277 g/mol. The third kappa shape index (κ3) is 2.22. The van der Waals surface area contributed by atoms with Crippen LogP contribution in [-0.2, 0) is 24.3 Å². The standard InChI is InChI=1S/C7H6FNO6S2/c8-17(13,14)15-3-2-16-5-1-4(10)9(5)6(3)7(11)12/h5H,1-2H2,(H,11,12)/t5-/m1/s1. The largest absolute Gasteiger partial charge is 0.488 e. The molecule has 2 rings (SSSR count). The SMILES string of the molecule is O=C(O)C1=C(OS(=O)(=O)F)CS[C@@H]2CC(=O)N12. The number of amides is 1. The van der Waals surface area contributed by atoms with Gasteiger partial charge < -0.3 is 9.29 Å². The molecular formula is C7H6FNO6S2. The second-order valence-corrected chi connectivity index (χ2v) is 5.41. The van der Waals surface area contributed by atoms with Crippen molar-refractivity contribution in [3.63, 3.8) is 0 Å². The maximum atomic E-state index is 12.4. The Hall–Kier alpha value is -1.29. The average molecular weight is 283 g/mol. The molecule has 1 saturated heterocycles. The molecule has 1 fully saturated rings. The number of halogens is 1. The van der Waals surface area contributed by atoms with Crippen LogP contribution in [0.3, 0.4) is 0 Å². The number of fused-ring (bicyclic) bond motifs is 1. The molecule has 2 aliphatic rings. The van der Waals surface area contributed by atoms with Crippen molar-refractivity contribution in [3.8, 4) is 0 Å². The Morgan fingerprint density at radius 1 is 1.59 bits per heavy atom. The van der Waals surface area contributed by atoms with Crippen LogP contribution in [-0.4, -0.2) is 41.4 Å². The molecule has 0 saturated carbocycles. The maximum Gasteiger partial charge on any atom is 0.488 e. The quantitative estimate of drug-likeness (QED) is 0.566. The molecule has 1 amide bonds. The zero-order valence-electron chi connectivity index (χ0n) is 8.12. The number of nitrogens with zero attached hydrogens (tertiary/aromatic N) is 1. The molecule has 17 heavy (non-hydrogen) atoms. The van der Waals surface area contributed by atoms with Gasteiger partial charge in [-0.3, -0.25) is 9.69 Å². The van der Waals surface area contributed by atoms with Gasteiger partial charge in [0, 0.05) is 0 Å². The van der Waals surface area contributed by atoms with E-state index in [0.29, 0.717) is 0 Å². The van der Waals surface area contributed by atoms with E-state index in [9.17, 15) is 21.9 Å². The Morgan fingerprint density at radius 2 is 2.24 bits per heavy atom. The minimum absolute atomic E-state index is 0.112. The van der Waals surface area contributed by atoms with Gasteiger partial charge in [0.15, 0.2) is 11.5 Å². The van der Waals surface area contributed by atoms with Gasteiger partial charge in [-0.1, -0.05) is 3.89 Å². The summed E-state index contributed by atoms with van der Waals surface area (Å²) in [6.07, 6.45) is 0.178. The van der Waals surface area contributed by atoms with Gasteiger partial charge in [-0.15, -0.1) is 11.8 Å². The first kappa shape index (κ1) is 12.2. The van der Waals surface area contributed by atoms with E-state index in [-0.39, 0.29) is 17.5 Å². The molecule has 10 heteroatoms. The van der Waals surface area contributed by atoms with Crippen molar-refractivity contribution in [2.75, 3.05) is 5.75 Å². The Bertz CT molecular complexity index is 526. The number of carboxylic acid groups (broad SMARTS) is 1. The van der Waals surface area contributed by atoms with Gasteiger partial charge >= 0.3 is 16.5 Å². The number of rotatable bonds is 3. The van der Waals surface area contributed by atoms with E-state index < -0.39 is 33.8 Å². The zero-order valence-corrected chi connectivity index (χ0v) is 9.75. The third-order valence-electron chi connectivity index (χ3n) is 2.22. The highest BCUT2D eigenvalue weighted by Gasteiger charge is 2.46. The average Bonchev–Trinajstić information content (AvgIpc) is 2.15. The van der Waals surface area contributed by atoms with E-state index in [4.69, 9.17) is 5.11 Å². The number of carbonyl (C=O) groups excluding carboxylic acids is 1. The van der Waals surface area contributed by atoms with Gasteiger partial charge in [0.1, 0.15) is 0 Å². The van der Waals surface area contributed by atoms with Crippen molar-refractivity contribution in [1.82, 2.24) is 4.90 Å². The Balaban J connectivity index is 2.40. The summed E-state index contributed by atoms with van der Waals surface area (Å²) in [5.74, 6) is -2.67. The highest BCUT2D eigenvalue weighted by molar-refractivity contribution is 8.00. The lowest BCUT2D eigenvalue weighted by molar-refractivity contribution is -0.146. The number of thioether (sulfide) groups is 1. The number of carbonyl (C=O) groups is 2. The van der Waals surface area contributed by atoms with E-state index in [2.05, 4.69) is 4.18 Å². The summed E-state index contributed by atoms with van der Waals surface area (Å²) in [6, 6.07) is 0. The molecule has 0 bridgehead atoms. The second-order valence-electron chi connectivity index (χ2n) is 3.29. The monoisotopic (exact) mass is 283 g/mol. The molecule has 0 aromatic carbocycles. The number of hydrogen-bond donors (Lipinski definition) is 1. The molecule has 2 heterocycles. The lowest BCUT2D eigenvalue weighted by atomic mass is 10.1. The van der Waals surface area contributed by atoms with Crippen molar-refractivity contribution in [2.24, 2.45) is 0 Å². The predicted octanol–water partition coefficient (Wildman–Crippen LogP) is -0.181. The van der Waals surface area contributed by atoms with Crippen LogP contribution in [0.1, 0.15) is 6.42 Å². The first-order chi connectivity index (χ1) is 7.79. The van der Waals surface area contributed by atoms with Gasteiger partial charge in [-0.2, -0.15) is 8.42 Å². The Kier molecular flexibility index (Phi) is 2.78. The van der Waals surface area contributed by atoms with E-state index >= 15 is 0 Å². The van der Waals surface area contributed by atoms with Crippen molar-refractivity contribution < 1.29 is 31.2 Å². The lowest BCUT2D eigenvalue weighted by Gasteiger charge is -2.42. The fourth-order valence-electron chi connectivity index (χ4n) is 1.57. The molecule has 7 nitrogen and oxygen atoms in total. The highest BCUT2D eigenvalue weighted by Crippen LogP contribution is 2.40. The van der Waals surface area contributed by atoms with E-state index in [0.717, 1.165) is 16.7 Å². The molecule has 0 spiro atoms. The third-order valence-corrected chi connectivity index (χ3v) is 3.81. The number of carboxylic acids is 1. The summed E-state index contributed by atoms with van der Waals surface area (Å²) in [5, 5.41) is 8.54. The van der Waals surface area contributed by atoms with Crippen LogP contribution < -0.4 is 0 Å². The molecule has 1 atom stereocenters. The fourth-order valence-corrected chi connectivity index (χ4v) is 3.19. The summed E-state index contributed by atoms with van der Waals surface area (Å²) in [6.45, 7) is 0. The molecule has 0 aliphatic carbocycles. The lowest BCUT2D eigenvalue weighted by Crippen LogP contribution is -2.54. The van der Waals surface area contributed by atoms with Gasteiger partial charge in [-0.05, 0) is 0 Å². The summed E-state index contributed by atoms with van der Waals surface area (Å²) in [5.41, 5.74) is -0.605. The van der Waals surface area contributed by atoms with Gasteiger partial charge in [-0.25, -0.2) is 4.79 Å². The second kappa shape index (κ2) is 3.88. The first-order valence-electron chi connectivity index (χ1n) is 4.34. The Labute approximate surface area is 99.6 Å². The van der Waals surface area contributed by atoms with E-state index in [1.807, 2.05) is 0 Å². The minimum atomic E-state index is -5.30. The molecule has 94 valence electrons. The van der Waals surface area contributed by atoms with Crippen molar-refractivity contribution in [1.29, 1.82) is 0 Å². The molecule has 1 N–H and O–H groups in total. The smallest absolute Gasteiger partial charge is 0.476 e. The topological polar surface area (TPSA) is 101 Å². The molecule has 0 unspecified atom stereocenters. The number of aliphatic carboxylic acids is 1. The van der Waals surface area contributed by atoms with E-state index in [1.165, 1.54) is 0 Å². The zero-order chi connectivity index (χ0) is 12.8. The van der Waals surface area contributed by atoms with Crippen LogP contribution in [0.15, 0.2) is 11.5 Å².